The lowest BCUT2D eigenvalue weighted by Crippen LogP contribution is -2.52. The molecule has 23 heavy (non-hydrogen) atoms. The maximum Gasteiger partial charge on any atom is 0.329 e. The first-order valence-electron chi connectivity index (χ1n) is 7.59. The standard InChI is InChI=1S/C16H19N3O3S/c1-10-9-12(11(2)19(10)15-17-7-8-23-15)13(20)18-16(14(21)22)5-3-4-6-16/h7-9H,3-6H2,1-2H3,(H,18,20)(H,21,22). The maximum absolute atomic E-state index is 12.7. The van der Waals surface area contributed by atoms with Crippen LogP contribution in [0.3, 0.4) is 0 Å². The highest BCUT2D eigenvalue weighted by Crippen LogP contribution is 2.31. The summed E-state index contributed by atoms with van der Waals surface area (Å²) in [5.41, 5.74) is 1.05. The second-order valence-electron chi connectivity index (χ2n) is 5.98. The van der Waals surface area contributed by atoms with Crippen molar-refractivity contribution < 1.29 is 14.7 Å². The zero-order chi connectivity index (χ0) is 16.6. The summed E-state index contributed by atoms with van der Waals surface area (Å²) in [7, 11) is 0. The number of hydrogen-bond acceptors (Lipinski definition) is 4. The first kappa shape index (κ1) is 15.7. The van der Waals surface area contributed by atoms with Crippen LogP contribution < -0.4 is 5.32 Å². The predicted molar refractivity (Wildman–Crippen MR) is 87.2 cm³/mol. The Labute approximate surface area is 138 Å². The van der Waals surface area contributed by atoms with E-state index < -0.39 is 11.5 Å². The lowest BCUT2D eigenvalue weighted by molar-refractivity contribution is -0.144. The van der Waals surface area contributed by atoms with Crippen molar-refractivity contribution in [2.24, 2.45) is 0 Å². The number of hydrogen-bond donors (Lipinski definition) is 2. The van der Waals surface area contributed by atoms with Crippen molar-refractivity contribution in [2.75, 3.05) is 0 Å². The zero-order valence-electron chi connectivity index (χ0n) is 13.1. The molecule has 2 aromatic heterocycles. The number of carboxylic acid groups (broad SMARTS) is 1. The van der Waals surface area contributed by atoms with Crippen LogP contribution in [0.25, 0.3) is 5.13 Å². The van der Waals surface area contributed by atoms with E-state index in [-0.39, 0.29) is 5.91 Å². The molecule has 0 saturated heterocycles. The first-order valence-corrected chi connectivity index (χ1v) is 8.47. The van der Waals surface area contributed by atoms with Gasteiger partial charge in [-0.15, -0.1) is 11.3 Å². The summed E-state index contributed by atoms with van der Waals surface area (Å²) in [6.07, 6.45) is 4.34. The molecule has 0 unspecified atom stereocenters. The van der Waals surface area contributed by atoms with Gasteiger partial charge in [-0.1, -0.05) is 12.8 Å². The number of aliphatic carboxylic acids is 1. The van der Waals surface area contributed by atoms with Crippen molar-refractivity contribution in [2.45, 2.75) is 45.1 Å². The molecular weight excluding hydrogens is 314 g/mol. The Morgan fingerprint density at radius 3 is 2.61 bits per heavy atom. The van der Waals surface area contributed by atoms with Crippen LogP contribution in [0.4, 0.5) is 0 Å². The number of amides is 1. The van der Waals surface area contributed by atoms with Crippen LogP contribution in [0.1, 0.15) is 47.4 Å². The minimum absolute atomic E-state index is 0.329. The molecule has 3 rings (SSSR count). The molecule has 6 nitrogen and oxygen atoms in total. The van der Waals surface area contributed by atoms with Crippen LogP contribution in [-0.4, -0.2) is 32.1 Å². The summed E-state index contributed by atoms with van der Waals surface area (Å²) in [5, 5.41) is 15.0. The van der Waals surface area contributed by atoms with Crippen molar-refractivity contribution in [1.29, 1.82) is 0 Å². The molecule has 2 aromatic rings. The lowest BCUT2D eigenvalue weighted by atomic mass is 9.97. The molecule has 1 aliphatic carbocycles. The van der Waals surface area contributed by atoms with Gasteiger partial charge >= 0.3 is 5.97 Å². The van der Waals surface area contributed by atoms with E-state index in [4.69, 9.17) is 0 Å². The van der Waals surface area contributed by atoms with E-state index >= 15 is 0 Å². The summed E-state index contributed by atoms with van der Waals surface area (Å²) < 4.78 is 1.92. The molecule has 2 heterocycles. The summed E-state index contributed by atoms with van der Waals surface area (Å²) >= 11 is 1.49. The van der Waals surface area contributed by atoms with E-state index in [0.717, 1.165) is 29.4 Å². The Bertz CT molecular complexity index is 743. The number of nitrogens with one attached hydrogen (secondary N) is 1. The normalized spacial score (nSPS) is 16.4. The van der Waals surface area contributed by atoms with Gasteiger partial charge < -0.3 is 10.4 Å². The Hall–Kier alpha value is -2.15. The molecule has 1 amide bonds. The van der Waals surface area contributed by atoms with Gasteiger partial charge in [0.1, 0.15) is 5.54 Å². The van der Waals surface area contributed by atoms with E-state index in [1.54, 1.807) is 12.3 Å². The van der Waals surface area contributed by atoms with Gasteiger partial charge in [0.05, 0.1) is 5.56 Å². The number of nitrogens with zero attached hydrogens (tertiary/aromatic N) is 2. The summed E-state index contributed by atoms with van der Waals surface area (Å²) in [4.78, 5) is 28.5. The molecule has 2 N–H and O–H groups in total. The SMILES string of the molecule is Cc1cc(C(=O)NC2(C(=O)O)CCCC2)c(C)n1-c1nccs1. The van der Waals surface area contributed by atoms with Gasteiger partial charge in [0.2, 0.25) is 0 Å². The van der Waals surface area contributed by atoms with Crippen molar-refractivity contribution in [1.82, 2.24) is 14.9 Å². The van der Waals surface area contributed by atoms with Crippen LogP contribution in [0, 0.1) is 13.8 Å². The number of thiazole rings is 1. The number of carbonyl (C=O) groups is 2. The monoisotopic (exact) mass is 333 g/mol. The van der Waals surface area contributed by atoms with E-state index in [9.17, 15) is 14.7 Å². The summed E-state index contributed by atoms with van der Waals surface area (Å²) in [6.45, 7) is 3.76. The quantitative estimate of drug-likeness (QED) is 0.901. The second-order valence-corrected chi connectivity index (χ2v) is 6.86. The van der Waals surface area contributed by atoms with Gasteiger partial charge in [0.25, 0.3) is 5.91 Å². The lowest BCUT2D eigenvalue weighted by Gasteiger charge is -2.25. The third-order valence-electron chi connectivity index (χ3n) is 4.51. The van der Waals surface area contributed by atoms with E-state index in [1.165, 1.54) is 11.3 Å². The van der Waals surface area contributed by atoms with Crippen molar-refractivity contribution in [3.8, 4) is 5.13 Å². The van der Waals surface area contributed by atoms with Crippen LogP contribution in [0.15, 0.2) is 17.6 Å². The van der Waals surface area contributed by atoms with Gasteiger partial charge in [0.15, 0.2) is 5.13 Å². The smallest absolute Gasteiger partial charge is 0.329 e. The Kier molecular flexibility index (Phi) is 3.97. The van der Waals surface area contributed by atoms with Gasteiger partial charge in [-0.05, 0) is 32.8 Å². The molecule has 0 atom stereocenters. The molecule has 1 fully saturated rings. The van der Waals surface area contributed by atoms with Crippen LogP contribution in [0.5, 0.6) is 0 Å². The summed E-state index contributed by atoms with van der Waals surface area (Å²) in [5.74, 6) is -1.28. The van der Waals surface area contributed by atoms with E-state index in [0.29, 0.717) is 18.4 Å². The molecule has 0 spiro atoms. The molecule has 1 aliphatic rings. The highest BCUT2D eigenvalue weighted by molar-refractivity contribution is 7.12. The average molecular weight is 333 g/mol. The average Bonchev–Trinajstić information content (AvgIpc) is 3.20. The molecule has 7 heteroatoms. The Morgan fingerprint density at radius 1 is 1.35 bits per heavy atom. The number of carbonyl (C=O) groups excluding carboxylic acids is 1. The Balaban J connectivity index is 1.92. The highest BCUT2D eigenvalue weighted by atomic mass is 32.1. The molecule has 0 radical (unpaired) electrons. The van der Waals surface area contributed by atoms with Gasteiger partial charge in [0, 0.05) is 23.0 Å². The van der Waals surface area contributed by atoms with E-state index in [1.807, 2.05) is 23.8 Å². The van der Waals surface area contributed by atoms with Gasteiger partial charge in [-0.25, -0.2) is 9.78 Å². The first-order chi connectivity index (χ1) is 10.9. The fourth-order valence-electron chi connectivity index (χ4n) is 3.27. The minimum atomic E-state index is -1.12. The fourth-order valence-corrected chi connectivity index (χ4v) is 4.02. The van der Waals surface area contributed by atoms with Crippen molar-refractivity contribution >= 4 is 23.2 Å². The number of carboxylic acids is 1. The van der Waals surface area contributed by atoms with Crippen molar-refractivity contribution in [3.63, 3.8) is 0 Å². The summed E-state index contributed by atoms with van der Waals surface area (Å²) in [6, 6.07) is 1.79. The molecule has 1 saturated carbocycles. The molecular formula is C16H19N3O3S. The minimum Gasteiger partial charge on any atom is -0.480 e. The van der Waals surface area contributed by atoms with Crippen LogP contribution in [-0.2, 0) is 4.79 Å². The van der Waals surface area contributed by atoms with E-state index in [2.05, 4.69) is 10.3 Å². The molecule has 0 bridgehead atoms. The molecule has 122 valence electrons. The maximum atomic E-state index is 12.7. The number of rotatable bonds is 4. The topological polar surface area (TPSA) is 84.2 Å². The third-order valence-corrected chi connectivity index (χ3v) is 5.26. The predicted octanol–water partition coefficient (Wildman–Crippen LogP) is 2.68. The van der Waals surface area contributed by atoms with Crippen molar-refractivity contribution in [3.05, 3.63) is 34.6 Å². The number of aryl methyl sites for hydroxylation is 1. The second kappa shape index (κ2) is 5.81. The molecule has 0 aliphatic heterocycles. The van der Waals surface area contributed by atoms with Gasteiger partial charge in [-0.2, -0.15) is 0 Å². The largest absolute Gasteiger partial charge is 0.480 e. The number of aromatic nitrogens is 2. The van der Waals surface area contributed by atoms with Crippen LogP contribution >= 0.6 is 11.3 Å². The van der Waals surface area contributed by atoms with Gasteiger partial charge in [-0.3, -0.25) is 9.36 Å². The Morgan fingerprint density at radius 2 is 2.04 bits per heavy atom. The third kappa shape index (κ3) is 2.65. The van der Waals surface area contributed by atoms with Crippen LogP contribution in [0.2, 0.25) is 0 Å². The fraction of sp³-hybridized carbons (Fsp3) is 0.438. The molecule has 0 aromatic carbocycles. The highest BCUT2D eigenvalue weighted by Gasteiger charge is 2.43. The zero-order valence-corrected chi connectivity index (χ0v) is 13.9.